The molecule has 1 N–H and O–H groups in total. The highest BCUT2D eigenvalue weighted by molar-refractivity contribution is 9.10. The summed E-state index contributed by atoms with van der Waals surface area (Å²) >= 11 is 6.08. The van der Waals surface area contributed by atoms with E-state index in [9.17, 15) is 4.79 Å². The fourth-order valence-corrected chi connectivity index (χ4v) is 2.64. The largest absolute Gasteiger partial charge is 0.353 e. The molecule has 94 valence electrons. The van der Waals surface area contributed by atoms with Gasteiger partial charge in [0.15, 0.2) is 5.78 Å². The third kappa shape index (κ3) is 3.54. The first-order valence-corrected chi connectivity index (χ1v) is 7.88. The van der Waals surface area contributed by atoms with E-state index in [1.807, 2.05) is 18.4 Å². The molecule has 1 aromatic carbocycles. The Labute approximate surface area is 122 Å². The number of nitrogens with one attached hydrogen (secondary N) is 1. The van der Waals surface area contributed by atoms with Crippen LogP contribution >= 0.6 is 39.2 Å². The van der Waals surface area contributed by atoms with Gasteiger partial charge in [0.25, 0.3) is 0 Å². The molecule has 0 aliphatic heterocycles. The Morgan fingerprint density at radius 2 is 2.17 bits per heavy atom. The molecule has 4 nitrogen and oxygen atoms in total. The number of halogens is 1. The fraction of sp³-hybridized carbons (Fsp3) is 0.182. The van der Waals surface area contributed by atoms with Gasteiger partial charge in [0, 0.05) is 21.6 Å². The van der Waals surface area contributed by atoms with Crippen LogP contribution in [0, 0.1) is 0 Å². The predicted octanol–water partition coefficient (Wildman–Crippen LogP) is 3.32. The van der Waals surface area contributed by atoms with E-state index in [1.165, 1.54) is 23.3 Å². The minimum absolute atomic E-state index is 0.0309. The number of nitrogens with zero attached hydrogens (tertiary/aromatic N) is 2. The third-order valence-corrected chi connectivity index (χ3v) is 4.02. The van der Waals surface area contributed by atoms with Crippen molar-refractivity contribution in [3.05, 3.63) is 34.3 Å². The number of carbonyl (C=O) groups is 1. The topological polar surface area (TPSA) is 54.9 Å². The Morgan fingerprint density at radius 3 is 2.78 bits per heavy atom. The highest BCUT2D eigenvalue weighted by atomic mass is 79.9. The van der Waals surface area contributed by atoms with Crippen molar-refractivity contribution >= 4 is 50.1 Å². The lowest BCUT2D eigenvalue weighted by Crippen LogP contribution is -2.13. The Bertz CT molecular complexity index is 541. The molecule has 7 heteroatoms. The molecule has 0 spiro atoms. The average Bonchev–Trinajstić information content (AvgIpc) is 2.85. The maximum Gasteiger partial charge on any atom is 0.203 e. The Hall–Kier alpha value is -0.920. The summed E-state index contributed by atoms with van der Waals surface area (Å²) in [4.78, 5) is 16.1. The van der Waals surface area contributed by atoms with Crippen LogP contribution in [0.1, 0.15) is 10.4 Å². The number of rotatable bonds is 5. The maximum absolute atomic E-state index is 11.9. The standard InChI is InChI=1S/C11H10BrN3OS2/c1-17-11-14-10(18-15-11)13-6-9(16)7-2-4-8(12)5-3-7/h2-5H,6H2,1H3,(H,13,14,15). The van der Waals surface area contributed by atoms with E-state index < -0.39 is 0 Å². The molecule has 0 amide bonds. The summed E-state index contributed by atoms with van der Waals surface area (Å²) < 4.78 is 5.07. The normalized spacial score (nSPS) is 10.3. The van der Waals surface area contributed by atoms with Crippen molar-refractivity contribution < 1.29 is 4.79 Å². The molecule has 18 heavy (non-hydrogen) atoms. The van der Waals surface area contributed by atoms with E-state index in [4.69, 9.17) is 0 Å². The minimum atomic E-state index is 0.0309. The van der Waals surface area contributed by atoms with Crippen LogP contribution in [0.3, 0.4) is 0 Å². The van der Waals surface area contributed by atoms with Gasteiger partial charge < -0.3 is 5.32 Å². The molecule has 0 aliphatic rings. The molecule has 0 unspecified atom stereocenters. The van der Waals surface area contributed by atoms with Gasteiger partial charge in [-0.2, -0.15) is 9.36 Å². The van der Waals surface area contributed by atoms with Crippen molar-refractivity contribution in [2.24, 2.45) is 0 Å². The zero-order valence-electron chi connectivity index (χ0n) is 9.51. The summed E-state index contributed by atoms with van der Waals surface area (Å²) in [6, 6.07) is 7.29. The van der Waals surface area contributed by atoms with E-state index in [0.29, 0.717) is 10.7 Å². The van der Waals surface area contributed by atoms with Gasteiger partial charge in [-0.1, -0.05) is 39.8 Å². The quantitative estimate of drug-likeness (QED) is 0.666. The van der Waals surface area contributed by atoms with Crippen LogP contribution < -0.4 is 5.32 Å². The molecular formula is C11H10BrN3OS2. The second kappa shape index (κ2) is 6.31. The van der Waals surface area contributed by atoms with Crippen molar-refractivity contribution in [3.63, 3.8) is 0 Å². The number of benzene rings is 1. The predicted molar refractivity (Wildman–Crippen MR) is 78.7 cm³/mol. The molecule has 2 rings (SSSR count). The lowest BCUT2D eigenvalue weighted by Gasteiger charge is -2.01. The monoisotopic (exact) mass is 343 g/mol. The molecule has 2 aromatic rings. The zero-order valence-corrected chi connectivity index (χ0v) is 12.7. The van der Waals surface area contributed by atoms with Gasteiger partial charge >= 0.3 is 0 Å². The van der Waals surface area contributed by atoms with Crippen molar-refractivity contribution in [1.82, 2.24) is 9.36 Å². The summed E-state index contributed by atoms with van der Waals surface area (Å²) in [5.41, 5.74) is 0.681. The maximum atomic E-state index is 11.9. The number of anilines is 1. The fourth-order valence-electron chi connectivity index (χ4n) is 1.26. The Balaban J connectivity index is 1.93. The molecule has 0 fully saturated rings. The van der Waals surface area contributed by atoms with Gasteiger partial charge in [-0.25, -0.2) is 0 Å². The molecule has 0 saturated heterocycles. The summed E-state index contributed by atoms with van der Waals surface area (Å²) in [6.45, 7) is 0.227. The smallest absolute Gasteiger partial charge is 0.203 e. The molecule has 1 aromatic heterocycles. The second-order valence-electron chi connectivity index (χ2n) is 3.37. The van der Waals surface area contributed by atoms with Crippen LogP contribution in [-0.2, 0) is 0 Å². The number of thioether (sulfide) groups is 1. The van der Waals surface area contributed by atoms with Gasteiger partial charge in [0.1, 0.15) is 0 Å². The average molecular weight is 344 g/mol. The van der Waals surface area contributed by atoms with Gasteiger partial charge in [-0.3, -0.25) is 4.79 Å². The number of aromatic nitrogens is 2. The van der Waals surface area contributed by atoms with E-state index in [-0.39, 0.29) is 12.3 Å². The van der Waals surface area contributed by atoms with Gasteiger partial charge in [0.05, 0.1) is 6.54 Å². The van der Waals surface area contributed by atoms with Crippen LogP contribution in [0.15, 0.2) is 33.9 Å². The molecule has 0 radical (unpaired) electrons. The highest BCUT2D eigenvalue weighted by Crippen LogP contribution is 2.17. The molecule has 0 atom stereocenters. The zero-order chi connectivity index (χ0) is 13.0. The number of hydrogen-bond acceptors (Lipinski definition) is 6. The highest BCUT2D eigenvalue weighted by Gasteiger charge is 2.07. The number of hydrogen-bond donors (Lipinski definition) is 1. The van der Waals surface area contributed by atoms with Crippen molar-refractivity contribution in [1.29, 1.82) is 0 Å². The second-order valence-corrected chi connectivity index (χ2v) is 5.81. The number of carbonyl (C=O) groups excluding carboxylic acids is 1. The molecule has 0 bridgehead atoms. The summed E-state index contributed by atoms with van der Waals surface area (Å²) in [5, 5.41) is 4.37. The molecule has 0 aliphatic carbocycles. The van der Waals surface area contributed by atoms with Crippen molar-refractivity contribution in [2.45, 2.75) is 5.16 Å². The van der Waals surface area contributed by atoms with E-state index >= 15 is 0 Å². The first-order valence-electron chi connectivity index (χ1n) is 5.09. The van der Waals surface area contributed by atoms with Crippen LogP contribution in [0.2, 0.25) is 0 Å². The Morgan fingerprint density at radius 1 is 1.44 bits per heavy atom. The first kappa shape index (κ1) is 13.5. The number of Topliss-reactive ketones (excluding diaryl/α,β-unsaturated/α-hetero) is 1. The molecule has 1 heterocycles. The summed E-state index contributed by atoms with van der Waals surface area (Å²) in [6.07, 6.45) is 1.92. The van der Waals surface area contributed by atoms with E-state index in [2.05, 4.69) is 30.6 Å². The van der Waals surface area contributed by atoms with Crippen LogP contribution in [0.25, 0.3) is 0 Å². The van der Waals surface area contributed by atoms with Gasteiger partial charge in [-0.05, 0) is 18.4 Å². The van der Waals surface area contributed by atoms with Crippen molar-refractivity contribution in [3.8, 4) is 0 Å². The molecule has 0 saturated carbocycles. The number of ketones is 1. The molecular weight excluding hydrogens is 334 g/mol. The van der Waals surface area contributed by atoms with Gasteiger partial charge in [0.2, 0.25) is 10.3 Å². The Kier molecular flexibility index (Phi) is 4.73. The first-order chi connectivity index (χ1) is 8.69. The van der Waals surface area contributed by atoms with Crippen LogP contribution in [0.4, 0.5) is 5.13 Å². The summed E-state index contributed by atoms with van der Waals surface area (Å²) in [7, 11) is 0. The lowest BCUT2D eigenvalue weighted by molar-refractivity contribution is 0.101. The lowest BCUT2D eigenvalue weighted by atomic mass is 10.1. The SMILES string of the molecule is CSc1nsc(NCC(=O)c2ccc(Br)cc2)n1. The van der Waals surface area contributed by atoms with Crippen LogP contribution in [0.5, 0.6) is 0 Å². The van der Waals surface area contributed by atoms with E-state index in [0.717, 1.165) is 9.63 Å². The third-order valence-electron chi connectivity index (χ3n) is 2.16. The summed E-state index contributed by atoms with van der Waals surface area (Å²) in [5.74, 6) is 0.0309. The van der Waals surface area contributed by atoms with Crippen molar-refractivity contribution in [2.75, 3.05) is 18.1 Å². The van der Waals surface area contributed by atoms with E-state index in [1.54, 1.807) is 12.1 Å². The van der Waals surface area contributed by atoms with Gasteiger partial charge in [-0.15, -0.1) is 0 Å². The minimum Gasteiger partial charge on any atom is -0.353 e. The van der Waals surface area contributed by atoms with Crippen LogP contribution in [-0.4, -0.2) is 27.9 Å².